The number of rotatable bonds is 4. The van der Waals surface area contributed by atoms with Gasteiger partial charge in [-0.1, -0.05) is 67.8 Å². The average molecular weight is 281 g/mol. The number of hydrogen-bond acceptors (Lipinski definition) is 1. The summed E-state index contributed by atoms with van der Waals surface area (Å²) in [5.41, 5.74) is 1.26. The summed E-state index contributed by atoms with van der Waals surface area (Å²) < 4.78 is 6.01. The molecule has 0 bridgehead atoms. The first-order valence-electron chi connectivity index (χ1n) is 7.55. The van der Waals surface area contributed by atoms with Gasteiger partial charge in [-0.15, -0.1) is 0 Å². The lowest BCUT2D eigenvalue weighted by atomic mass is 10.1. The molecular weight excluding hydrogens is 260 g/mol. The van der Waals surface area contributed by atoms with E-state index in [0.717, 1.165) is 6.61 Å². The van der Waals surface area contributed by atoms with Crippen molar-refractivity contribution in [3.63, 3.8) is 0 Å². The molecule has 1 heterocycles. The Labute approximate surface area is 123 Å². The van der Waals surface area contributed by atoms with Gasteiger partial charge >= 0.3 is 0 Å². The Hall–Kier alpha value is -1.38. The maximum atomic E-state index is 6.01. The molecule has 1 aliphatic rings. The molecule has 0 atom stereocenters. The van der Waals surface area contributed by atoms with Crippen LogP contribution in [0.5, 0.6) is 0 Å². The van der Waals surface area contributed by atoms with E-state index >= 15 is 0 Å². The van der Waals surface area contributed by atoms with E-state index in [1.165, 1.54) is 47.7 Å². The molecule has 2 aromatic carbocycles. The molecule has 1 fully saturated rings. The van der Waals surface area contributed by atoms with Crippen molar-refractivity contribution < 1.29 is 4.43 Å². The fraction of sp³-hybridized carbons (Fsp3) is 0.333. The molecule has 0 unspecified atom stereocenters. The van der Waals surface area contributed by atoms with Crippen molar-refractivity contribution in [1.29, 1.82) is 0 Å². The van der Waals surface area contributed by atoms with Gasteiger partial charge in [0, 0.05) is 0 Å². The van der Waals surface area contributed by atoms with E-state index in [9.17, 15) is 0 Å². The summed E-state index contributed by atoms with van der Waals surface area (Å²) in [6.45, 7) is 0.779. The maximum absolute atomic E-state index is 6.01. The second kappa shape index (κ2) is 6.87. The van der Waals surface area contributed by atoms with Gasteiger partial charge in [0.2, 0.25) is 9.04 Å². The minimum absolute atomic E-state index is 0.487. The van der Waals surface area contributed by atoms with Crippen LogP contribution in [0.1, 0.15) is 24.8 Å². The molecule has 2 heteroatoms. The standard InChI is InChI=1S/C18H21OSi/c1-4-13-20(14-5-1)19-12-6-7-16-10-11-17-8-2-3-9-18(17)15-16/h2-3,6-11,15H,1,4-5,12-14H2/b7-6+. The molecule has 1 saturated heterocycles. The zero-order chi connectivity index (χ0) is 13.6. The maximum Gasteiger partial charge on any atom is 0.211 e. The van der Waals surface area contributed by atoms with Crippen molar-refractivity contribution in [3.8, 4) is 0 Å². The molecule has 3 rings (SSSR count). The second-order valence-corrected chi connectivity index (χ2v) is 7.79. The molecule has 103 valence electrons. The van der Waals surface area contributed by atoms with Crippen molar-refractivity contribution in [1.82, 2.24) is 0 Å². The molecule has 20 heavy (non-hydrogen) atoms. The van der Waals surface area contributed by atoms with Crippen LogP contribution >= 0.6 is 0 Å². The first kappa shape index (κ1) is 13.6. The van der Waals surface area contributed by atoms with Crippen LogP contribution in [0.4, 0.5) is 0 Å². The van der Waals surface area contributed by atoms with Crippen LogP contribution in [0.2, 0.25) is 12.1 Å². The lowest BCUT2D eigenvalue weighted by Crippen LogP contribution is -2.20. The minimum atomic E-state index is -0.487. The Bertz CT molecular complexity index is 585. The van der Waals surface area contributed by atoms with Crippen LogP contribution in [0.15, 0.2) is 48.5 Å². The Balaban J connectivity index is 1.56. The van der Waals surface area contributed by atoms with Gasteiger partial charge in [-0.25, -0.2) is 0 Å². The van der Waals surface area contributed by atoms with Gasteiger partial charge in [0.25, 0.3) is 0 Å². The molecule has 2 aromatic rings. The summed E-state index contributed by atoms with van der Waals surface area (Å²) in [7, 11) is -0.487. The van der Waals surface area contributed by atoms with E-state index in [4.69, 9.17) is 4.43 Å². The predicted octanol–water partition coefficient (Wildman–Crippen LogP) is 5.05. The van der Waals surface area contributed by atoms with Crippen LogP contribution in [0, 0.1) is 0 Å². The Morgan fingerprint density at radius 1 is 0.950 bits per heavy atom. The summed E-state index contributed by atoms with van der Waals surface area (Å²) in [6, 6.07) is 17.8. The van der Waals surface area contributed by atoms with Gasteiger partial charge < -0.3 is 4.43 Å². The Morgan fingerprint density at radius 3 is 2.60 bits per heavy atom. The van der Waals surface area contributed by atoms with E-state index in [-0.39, 0.29) is 0 Å². The predicted molar refractivity (Wildman–Crippen MR) is 88.2 cm³/mol. The highest BCUT2D eigenvalue weighted by Crippen LogP contribution is 2.19. The number of fused-ring (bicyclic) bond motifs is 1. The van der Waals surface area contributed by atoms with Crippen molar-refractivity contribution >= 4 is 25.9 Å². The highest BCUT2D eigenvalue weighted by Gasteiger charge is 2.16. The molecule has 1 aliphatic heterocycles. The molecule has 1 nitrogen and oxygen atoms in total. The van der Waals surface area contributed by atoms with Gasteiger partial charge in [-0.3, -0.25) is 0 Å². The van der Waals surface area contributed by atoms with Crippen LogP contribution in [0.25, 0.3) is 16.8 Å². The SMILES string of the molecule is C(=C\c1ccc2ccccc2c1)/CO[Si]1CCCCC1. The summed E-state index contributed by atoms with van der Waals surface area (Å²) in [5, 5.41) is 2.60. The Kier molecular flexibility index (Phi) is 4.67. The quantitative estimate of drug-likeness (QED) is 0.713. The fourth-order valence-electron chi connectivity index (χ4n) is 2.75. The molecular formula is C18H21OSi. The summed E-state index contributed by atoms with van der Waals surface area (Å²) in [5.74, 6) is 0. The first-order valence-corrected chi connectivity index (χ1v) is 9.37. The first-order chi connectivity index (χ1) is 9.92. The normalized spacial score (nSPS) is 17.0. The van der Waals surface area contributed by atoms with E-state index in [1.54, 1.807) is 0 Å². The Morgan fingerprint density at radius 2 is 1.75 bits per heavy atom. The fourth-order valence-corrected chi connectivity index (χ4v) is 4.91. The second-order valence-electron chi connectivity index (χ2n) is 5.42. The van der Waals surface area contributed by atoms with Gasteiger partial charge in [-0.05, 0) is 34.5 Å². The molecule has 0 spiro atoms. The lowest BCUT2D eigenvalue weighted by Gasteiger charge is -2.18. The van der Waals surface area contributed by atoms with Gasteiger partial charge in [0.15, 0.2) is 0 Å². The average Bonchev–Trinajstić information content (AvgIpc) is 2.52. The molecule has 0 aliphatic carbocycles. The summed E-state index contributed by atoms with van der Waals surface area (Å²) in [6.07, 6.45) is 8.50. The zero-order valence-corrected chi connectivity index (χ0v) is 12.8. The largest absolute Gasteiger partial charge is 0.413 e. The van der Waals surface area contributed by atoms with E-state index < -0.39 is 9.04 Å². The van der Waals surface area contributed by atoms with Gasteiger partial charge in [0.1, 0.15) is 0 Å². The van der Waals surface area contributed by atoms with Crippen LogP contribution in [-0.2, 0) is 4.43 Å². The van der Waals surface area contributed by atoms with Crippen molar-refractivity contribution in [2.24, 2.45) is 0 Å². The molecule has 0 saturated carbocycles. The monoisotopic (exact) mass is 281 g/mol. The van der Waals surface area contributed by atoms with E-state index in [1.807, 2.05) is 0 Å². The third-order valence-electron chi connectivity index (χ3n) is 3.88. The summed E-state index contributed by atoms with van der Waals surface area (Å²) in [4.78, 5) is 0. The number of hydrogen-bond donors (Lipinski definition) is 0. The number of benzene rings is 2. The minimum Gasteiger partial charge on any atom is -0.413 e. The third kappa shape index (κ3) is 3.59. The van der Waals surface area contributed by atoms with Gasteiger partial charge in [-0.2, -0.15) is 0 Å². The van der Waals surface area contributed by atoms with Crippen LogP contribution in [0.3, 0.4) is 0 Å². The highest BCUT2D eigenvalue weighted by molar-refractivity contribution is 6.52. The van der Waals surface area contributed by atoms with Gasteiger partial charge in [0.05, 0.1) is 6.61 Å². The highest BCUT2D eigenvalue weighted by atomic mass is 28.3. The molecule has 0 N–H and O–H groups in total. The molecule has 0 amide bonds. The van der Waals surface area contributed by atoms with Crippen LogP contribution in [-0.4, -0.2) is 15.6 Å². The smallest absolute Gasteiger partial charge is 0.211 e. The topological polar surface area (TPSA) is 9.23 Å². The van der Waals surface area contributed by atoms with Crippen molar-refractivity contribution in [3.05, 3.63) is 54.1 Å². The molecule has 0 aromatic heterocycles. The van der Waals surface area contributed by atoms with E-state index in [0.29, 0.717) is 0 Å². The summed E-state index contributed by atoms with van der Waals surface area (Å²) >= 11 is 0. The molecule has 1 radical (unpaired) electrons. The van der Waals surface area contributed by atoms with Crippen LogP contribution < -0.4 is 0 Å². The van der Waals surface area contributed by atoms with Crippen molar-refractivity contribution in [2.45, 2.75) is 31.4 Å². The third-order valence-corrected chi connectivity index (χ3v) is 6.28. The zero-order valence-electron chi connectivity index (χ0n) is 11.8. The van der Waals surface area contributed by atoms with Crippen molar-refractivity contribution in [2.75, 3.05) is 6.61 Å². The lowest BCUT2D eigenvalue weighted by molar-refractivity contribution is 0.356. The van der Waals surface area contributed by atoms with E-state index in [2.05, 4.69) is 54.6 Å².